The lowest BCUT2D eigenvalue weighted by atomic mass is 9.92. The van der Waals surface area contributed by atoms with Crippen LogP contribution in [0.4, 0.5) is 5.82 Å². The zero-order valence-corrected chi connectivity index (χ0v) is 21.2. The lowest BCUT2D eigenvalue weighted by Gasteiger charge is -2.24. The molecule has 0 spiro atoms. The third-order valence-electron chi connectivity index (χ3n) is 6.99. The third-order valence-corrected chi connectivity index (χ3v) is 6.99. The van der Waals surface area contributed by atoms with Gasteiger partial charge in [-0.05, 0) is 42.2 Å². The Kier molecular flexibility index (Phi) is 7.87. The van der Waals surface area contributed by atoms with Gasteiger partial charge in [-0.3, -0.25) is 19.6 Å². The number of ether oxygens (including phenoxy) is 1. The number of Topliss-reactive ketones (excluding diaryl/α,β-unsaturated/α-hetero) is 1. The molecular weight excluding hydrogens is 466 g/mol. The van der Waals surface area contributed by atoms with Gasteiger partial charge < -0.3 is 10.1 Å². The molecule has 192 valence electrons. The van der Waals surface area contributed by atoms with Gasteiger partial charge in [0.1, 0.15) is 11.6 Å². The summed E-state index contributed by atoms with van der Waals surface area (Å²) in [6.45, 7) is 5.93. The van der Waals surface area contributed by atoms with Gasteiger partial charge in [-0.25, -0.2) is 4.98 Å². The summed E-state index contributed by atoms with van der Waals surface area (Å²) < 4.78 is 5.33. The molecule has 1 aliphatic carbocycles. The Hall–Kier alpha value is -3.62. The summed E-state index contributed by atoms with van der Waals surface area (Å²) in [4.78, 5) is 31.7. The first-order valence-corrected chi connectivity index (χ1v) is 13.0. The van der Waals surface area contributed by atoms with Gasteiger partial charge in [-0.1, -0.05) is 37.3 Å². The van der Waals surface area contributed by atoms with E-state index in [1.165, 1.54) is 12.8 Å². The average Bonchev–Trinajstić information content (AvgIpc) is 3.68. The van der Waals surface area contributed by atoms with Crippen molar-refractivity contribution < 1.29 is 14.3 Å². The molecule has 1 saturated heterocycles. The number of aromatic nitrogens is 3. The van der Waals surface area contributed by atoms with Crippen LogP contribution < -0.4 is 5.32 Å². The second-order valence-electron chi connectivity index (χ2n) is 9.82. The molecule has 1 unspecified atom stereocenters. The van der Waals surface area contributed by atoms with Crippen molar-refractivity contribution in [1.82, 2.24) is 20.1 Å². The molecule has 1 amide bonds. The van der Waals surface area contributed by atoms with Gasteiger partial charge in [0.05, 0.1) is 18.9 Å². The van der Waals surface area contributed by atoms with Gasteiger partial charge in [-0.2, -0.15) is 5.10 Å². The molecule has 3 heterocycles. The summed E-state index contributed by atoms with van der Waals surface area (Å²) in [6, 6.07) is 13.8. The van der Waals surface area contributed by atoms with Gasteiger partial charge in [0.15, 0.2) is 0 Å². The number of aromatic amines is 1. The minimum absolute atomic E-state index is 0.166. The number of morpholine rings is 1. The fraction of sp³-hybridized carbons (Fsp3) is 0.379. The van der Waals surface area contributed by atoms with Crippen molar-refractivity contribution in [2.24, 2.45) is 0 Å². The van der Waals surface area contributed by atoms with E-state index in [1.54, 1.807) is 18.3 Å². The molecular formula is C29H33N5O3. The lowest BCUT2D eigenvalue weighted by Crippen LogP contribution is -2.36. The van der Waals surface area contributed by atoms with E-state index in [-0.39, 0.29) is 17.6 Å². The van der Waals surface area contributed by atoms with Crippen molar-refractivity contribution in [3.8, 4) is 11.1 Å². The number of nitrogens with zero attached hydrogens (tertiary/aromatic N) is 3. The summed E-state index contributed by atoms with van der Waals surface area (Å²) in [5, 5.41) is 10.2. The van der Waals surface area contributed by atoms with Crippen LogP contribution in [0.25, 0.3) is 11.1 Å². The summed E-state index contributed by atoms with van der Waals surface area (Å²) in [5.74, 6) is 0.847. The number of carbonyl (C=O) groups excluding carboxylic acids is 2. The smallest absolute Gasteiger partial charge is 0.249 e. The predicted octanol–water partition coefficient (Wildman–Crippen LogP) is 4.09. The average molecular weight is 500 g/mol. The lowest BCUT2D eigenvalue weighted by molar-refractivity contribution is -0.119. The molecule has 1 aliphatic heterocycles. The van der Waals surface area contributed by atoms with Gasteiger partial charge in [0, 0.05) is 61.4 Å². The number of ketones is 1. The molecule has 2 N–H and O–H groups in total. The number of anilines is 1. The maximum atomic E-state index is 12.8. The van der Waals surface area contributed by atoms with Crippen LogP contribution in [-0.4, -0.2) is 64.6 Å². The van der Waals surface area contributed by atoms with E-state index in [9.17, 15) is 9.59 Å². The number of benzene rings is 1. The highest BCUT2D eigenvalue weighted by atomic mass is 16.5. The summed E-state index contributed by atoms with van der Waals surface area (Å²) in [5.41, 5.74) is 4.90. The largest absolute Gasteiger partial charge is 0.379 e. The molecule has 37 heavy (non-hydrogen) atoms. The highest BCUT2D eigenvalue weighted by molar-refractivity contribution is 5.98. The number of hydrogen-bond acceptors (Lipinski definition) is 6. The van der Waals surface area contributed by atoms with Gasteiger partial charge in [0.2, 0.25) is 5.91 Å². The Bertz CT molecular complexity index is 1240. The molecule has 8 heteroatoms. The van der Waals surface area contributed by atoms with Crippen LogP contribution in [-0.2, 0) is 20.7 Å². The Morgan fingerprint density at radius 2 is 1.89 bits per heavy atom. The molecule has 0 radical (unpaired) electrons. The number of rotatable bonds is 10. The van der Waals surface area contributed by atoms with Crippen molar-refractivity contribution in [3.05, 3.63) is 77.8 Å². The summed E-state index contributed by atoms with van der Waals surface area (Å²) in [6.07, 6.45) is 7.91. The van der Waals surface area contributed by atoms with Crippen LogP contribution >= 0.6 is 0 Å². The van der Waals surface area contributed by atoms with Gasteiger partial charge >= 0.3 is 0 Å². The first kappa shape index (κ1) is 25.0. The molecule has 2 fully saturated rings. The van der Waals surface area contributed by atoms with E-state index < -0.39 is 0 Å². The van der Waals surface area contributed by atoms with Crippen LogP contribution in [0.1, 0.15) is 48.6 Å². The van der Waals surface area contributed by atoms with Crippen LogP contribution in [0, 0.1) is 0 Å². The van der Waals surface area contributed by atoms with Gasteiger partial charge in [0.25, 0.3) is 0 Å². The molecule has 1 aromatic carbocycles. The van der Waals surface area contributed by atoms with E-state index in [0.29, 0.717) is 18.2 Å². The summed E-state index contributed by atoms with van der Waals surface area (Å²) in [7, 11) is 0. The number of amides is 1. The molecule has 1 saturated carbocycles. The Balaban J connectivity index is 1.12. The number of hydrogen-bond donors (Lipinski definition) is 2. The third kappa shape index (κ3) is 6.78. The number of pyridine rings is 1. The number of carbonyl (C=O) groups is 2. The Morgan fingerprint density at radius 1 is 1.14 bits per heavy atom. The fourth-order valence-electron chi connectivity index (χ4n) is 4.45. The molecule has 3 aromatic rings. The van der Waals surface area contributed by atoms with E-state index in [0.717, 1.165) is 60.9 Å². The monoisotopic (exact) mass is 499 g/mol. The van der Waals surface area contributed by atoms with E-state index in [4.69, 9.17) is 4.74 Å². The van der Waals surface area contributed by atoms with Crippen molar-refractivity contribution in [1.29, 1.82) is 0 Å². The fourth-order valence-corrected chi connectivity index (χ4v) is 4.45. The minimum Gasteiger partial charge on any atom is -0.379 e. The SMILES string of the molecule is CC(C(=O)Cc1cc(C2CC2)n[nH]1)c1ccc(-c2ccc(NC(=O)/C=C/CN3CCOCC3)nc2)cc1. The van der Waals surface area contributed by atoms with Crippen LogP contribution in [0.2, 0.25) is 0 Å². The second-order valence-corrected chi connectivity index (χ2v) is 9.82. The zero-order chi connectivity index (χ0) is 25.6. The summed E-state index contributed by atoms with van der Waals surface area (Å²) >= 11 is 0. The first-order chi connectivity index (χ1) is 18.0. The van der Waals surface area contributed by atoms with Crippen molar-refractivity contribution in [2.75, 3.05) is 38.2 Å². The Labute approximate surface area is 217 Å². The molecule has 1 atom stereocenters. The first-order valence-electron chi connectivity index (χ1n) is 13.0. The van der Waals surface area contributed by atoms with Crippen LogP contribution in [0.3, 0.4) is 0 Å². The standard InChI is InChI=1S/C29H33N5O3/c1-20(27(35)18-25-17-26(33-32-25)23-8-9-23)21-4-6-22(7-5-21)24-10-11-28(30-19-24)31-29(36)3-2-12-34-13-15-37-16-14-34/h2-7,10-11,17,19-20,23H,8-9,12-16,18H2,1H3,(H,32,33)(H,30,31,36)/b3-2+. The normalized spacial score (nSPS) is 17.1. The van der Waals surface area contributed by atoms with Crippen LogP contribution in [0.5, 0.6) is 0 Å². The van der Waals surface area contributed by atoms with Crippen molar-refractivity contribution >= 4 is 17.5 Å². The van der Waals surface area contributed by atoms with E-state index in [1.807, 2.05) is 49.4 Å². The number of nitrogens with one attached hydrogen (secondary N) is 2. The number of H-pyrrole nitrogens is 1. The zero-order valence-electron chi connectivity index (χ0n) is 21.2. The molecule has 2 aromatic heterocycles. The van der Waals surface area contributed by atoms with Crippen molar-refractivity contribution in [2.45, 2.75) is 38.0 Å². The minimum atomic E-state index is -0.200. The highest BCUT2D eigenvalue weighted by Gasteiger charge is 2.26. The Morgan fingerprint density at radius 3 is 2.59 bits per heavy atom. The maximum Gasteiger partial charge on any atom is 0.249 e. The quantitative estimate of drug-likeness (QED) is 0.408. The molecule has 2 aliphatic rings. The van der Waals surface area contributed by atoms with E-state index in [2.05, 4.69) is 25.4 Å². The molecule has 0 bridgehead atoms. The molecule has 5 rings (SSSR count). The maximum absolute atomic E-state index is 12.8. The van der Waals surface area contributed by atoms with E-state index >= 15 is 0 Å². The van der Waals surface area contributed by atoms with Crippen molar-refractivity contribution in [3.63, 3.8) is 0 Å². The predicted molar refractivity (Wildman–Crippen MR) is 142 cm³/mol. The van der Waals surface area contributed by atoms with Crippen LogP contribution in [0.15, 0.2) is 60.8 Å². The highest BCUT2D eigenvalue weighted by Crippen LogP contribution is 2.39. The topological polar surface area (TPSA) is 100 Å². The van der Waals surface area contributed by atoms with Gasteiger partial charge in [-0.15, -0.1) is 0 Å². The molecule has 8 nitrogen and oxygen atoms in total. The second kappa shape index (κ2) is 11.6.